The molecular weight excluding hydrogens is 401 g/mol. The van der Waals surface area contributed by atoms with Gasteiger partial charge in [-0.15, -0.1) is 24.0 Å². The molecule has 5 heteroatoms. The fourth-order valence-electron chi connectivity index (χ4n) is 2.85. The molecule has 1 heterocycles. The zero-order valence-corrected chi connectivity index (χ0v) is 16.7. The van der Waals surface area contributed by atoms with Crippen LogP contribution in [-0.4, -0.2) is 44.1 Å². The SMILES string of the molecule is CN=C(NCCCCOc1ccccc1)N1CCCC(C)C1.I. The van der Waals surface area contributed by atoms with Crippen LogP contribution in [0.3, 0.4) is 0 Å². The highest BCUT2D eigenvalue weighted by Gasteiger charge is 2.18. The Morgan fingerprint density at radius 1 is 1.30 bits per heavy atom. The number of nitrogens with zero attached hydrogens (tertiary/aromatic N) is 2. The number of hydrogen-bond donors (Lipinski definition) is 1. The number of guanidine groups is 1. The monoisotopic (exact) mass is 431 g/mol. The number of ether oxygens (including phenoxy) is 1. The number of halogens is 1. The third-order valence-corrected chi connectivity index (χ3v) is 4.03. The van der Waals surface area contributed by atoms with Gasteiger partial charge in [0, 0.05) is 26.7 Å². The first kappa shape index (κ1) is 20.1. The summed E-state index contributed by atoms with van der Waals surface area (Å²) in [5.41, 5.74) is 0. The maximum absolute atomic E-state index is 5.70. The van der Waals surface area contributed by atoms with Gasteiger partial charge in [-0.3, -0.25) is 4.99 Å². The fourth-order valence-corrected chi connectivity index (χ4v) is 2.85. The van der Waals surface area contributed by atoms with Crippen molar-refractivity contribution in [3.05, 3.63) is 30.3 Å². The number of aliphatic imine (C=N–C) groups is 1. The molecule has 0 aliphatic carbocycles. The molecule has 2 rings (SSSR count). The van der Waals surface area contributed by atoms with E-state index in [0.717, 1.165) is 56.7 Å². The smallest absolute Gasteiger partial charge is 0.193 e. The molecular formula is C18H30IN3O. The second-order valence-corrected chi connectivity index (χ2v) is 6.04. The Balaban J connectivity index is 0.00000264. The quantitative estimate of drug-likeness (QED) is 0.323. The van der Waals surface area contributed by atoms with Crippen LogP contribution in [0.25, 0.3) is 0 Å². The van der Waals surface area contributed by atoms with Crippen LogP contribution in [0.4, 0.5) is 0 Å². The minimum absolute atomic E-state index is 0. The average Bonchev–Trinajstić information content (AvgIpc) is 2.55. The van der Waals surface area contributed by atoms with Crippen LogP contribution >= 0.6 is 24.0 Å². The van der Waals surface area contributed by atoms with E-state index < -0.39 is 0 Å². The van der Waals surface area contributed by atoms with Crippen molar-refractivity contribution in [2.75, 3.05) is 33.3 Å². The summed E-state index contributed by atoms with van der Waals surface area (Å²) in [6.07, 6.45) is 4.75. The highest BCUT2D eigenvalue weighted by molar-refractivity contribution is 14.0. The van der Waals surface area contributed by atoms with E-state index in [9.17, 15) is 0 Å². The number of nitrogens with one attached hydrogen (secondary N) is 1. The molecule has 0 saturated carbocycles. The molecule has 130 valence electrons. The highest BCUT2D eigenvalue weighted by atomic mass is 127. The first-order chi connectivity index (χ1) is 10.8. The summed E-state index contributed by atoms with van der Waals surface area (Å²) >= 11 is 0. The average molecular weight is 431 g/mol. The van der Waals surface area contributed by atoms with E-state index in [1.165, 1.54) is 12.8 Å². The van der Waals surface area contributed by atoms with Crippen molar-refractivity contribution in [2.24, 2.45) is 10.9 Å². The first-order valence-corrected chi connectivity index (χ1v) is 8.43. The molecule has 1 unspecified atom stereocenters. The molecule has 1 aromatic rings. The van der Waals surface area contributed by atoms with Crippen LogP contribution in [0.15, 0.2) is 35.3 Å². The number of para-hydroxylation sites is 1. The van der Waals surface area contributed by atoms with Crippen molar-refractivity contribution in [3.8, 4) is 5.75 Å². The zero-order chi connectivity index (χ0) is 15.6. The number of hydrogen-bond acceptors (Lipinski definition) is 2. The summed E-state index contributed by atoms with van der Waals surface area (Å²) in [5, 5.41) is 3.48. The van der Waals surface area contributed by atoms with E-state index >= 15 is 0 Å². The van der Waals surface area contributed by atoms with Gasteiger partial charge >= 0.3 is 0 Å². The summed E-state index contributed by atoms with van der Waals surface area (Å²) in [6.45, 7) is 6.29. The van der Waals surface area contributed by atoms with E-state index in [-0.39, 0.29) is 24.0 Å². The van der Waals surface area contributed by atoms with E-state index in [0.29, 0.717) is 0 Å². The van der Waals surface area contributed by atoms with Crippen molar-refractivity contribution in [2.45, 2.75) is 32.6 Å². The van der Waals surface area contributed by atoms with Crippen molar-refractivity contribution in [1.29, 1.82) is 0 Å². The number of likely N-dealkylation sites (tertiary alicyclic amines) is 1. The Labute approximate surface area is 157 Å². The van der Waals surface area contributed by atoms with Crippen LogP contribution in [-0.2, 0) is 0 Å². The Morgan fingerprint density at radius 2 is 2.09 bits per heavy atom. The molecule has 0 aromatic heterocycles. The minimum atomic E-state index is 0. The lowest BCUT2D eigenvalue weighted by molar-refractivity contribution is 0.265. The van der Waals surface area contributed by atoms with Crippen LogP contribution < -0.4 is 10.1 Å². The Morgan fingerprint density at radius 3 is 2.78 bits per heavy atom. The molecule has 1 fully saturated rings. The van der Waals surface area contributed by atoms with Crippen molar-refractivity contribution < 1.29 is 4.74 Å². The largest absolute Gasteiger partial charge is 0.494 e. The van der Waals surface area contributed by atoms with Gasteiger partial charge in [0.2, 0.25) is 0 Å². The van der Waals surface area contributed by atoms with Crippen LogP contribution in [0.5, 0.6) is 5.75 Å². The van der Waals surface area contributed by atoms with Crippen LogP contribution in [0.2, 0.25) is 0 Å². The summed E-state index contributed by atoms with van der Waals surface area (Å²) in [5.74, 6) is 2.77. The van der Waals surface area contributed by atoms with Crippen molar-refractivity contribution >= 4 is 29.9 Å². The molecule has 1 aliphatic rings. The van der Waals surface area contributed by atoms with Gasteiger partial charge in [0.25, 0.3) is 0 Å². The fraction of sp³-hybridized carbons (Fsp3) is 0.611. The molecule has 0 radical (unpaired) electrons. The van der Waals surface area contributed by atoms with E-state index in [1.54, 1.807) is 0 Å². The lowest BCUT2D eigenvalue weighted by Gasteiger charge is -2.33. The lowest BCUT2D eigenvalue weighted by Crippen LogP contribution is -2.46. The molecule has 1 saturated heterocycles. The molecule has 1 aliphatic heterocycles. The minimum Gasteiger partial charge on any atom is -0.494 e. The predicted molar refractivity (Wildman–Crippen MR) is 108 cm³/mol. The Kier molecular flexibility index (Phi) is 10.1. The van der Waals surface area contributed by atoms with Crippen molar-refractivity contribution in [3.63, 3.8) is 0 Å². The Hall–Kier alpha value is -0.980. The summed E-state index contributed by atoms with van der Waals surface area (Å²) < 4.78 is 5.70. The number of piperidine rings is 1. The molecule has 0 bridgehead atoms. The summed E-state index contributed by atoms with van der Waals surface area (Å²) in [7, 11) is 1.88. The molecule has 1 atom stereocenters. The topological polar surface area (TPSA) is 36.9 Å². The molecule has 1 N–H and O–H groups in total. The van der Waals surface area contributed by atoms with E-state index in [2.05, 4.69) is 22.1 Å². The Bertz CT molecular complexity index is 453. The number of rotatable bonds is 6. The summed E-state index contributed by atoms with van der Waals surface area (Å²) in [6, 6.07) is 10.0. The van der Waals surface area contributed by atoms with Gasteiger partial charge in [0.1, 0.15) is 5.75 Å². The van der Waals surface area contributed by atoms with Gasteiger partial charge in [0.05, 0.1) is 6.61 Å². The first-order valence-electron chi connectivity index (χ1n) is 8.43. The van der Waals surface area contributed by atoms with E-state index in [1.807, 2.05) is 37.4 Å². The molecule has 23 heavy (non-hydrogen) atoms. The predicted octanol–water partition coefficient (Wildman–Crippen LogP) is 3.77. The third-order valence-electron chi connectivity index (χ3n) is 4.03. The molecule has 0 amide bonds. The third kappa shape index (κ3) is 7.42. The van der Waals surface area contributed by atoms with Gasteiger partial charge in [-0.2, -0.15) is 0 Å². The van der Waals surface area contributed by atoms with Gasteiger partial charge < -0.3 is 15.0 Å². The van der Waals surface area contributed by atoms with Gasteiger partial charge in [-0.1, -0.05) is 25.1 Å². The maximum Gasteiger partial charge on any atom is 0.193 e. The highest BCUT2D eigenvalue weighted by Crippen LogP contribution is 2.15. The standard InChI is InChI=1S/C18H29N3O.HI/c1-16-9-8-13-21(15-16)18(19-2)20-12-6-7-14-22-17-10-4-3-5-11-17;/h3-5,10-11,16H,6-9,12-15H2,1-2H3,(H,19,20);1H. The normalized spacial score (nSPS) is 18.3. The second-order valence-electron chi connectivity index (χ2n) is 6.04. The van der Waals surface area contributed by atoms with Gasteiger partial charge in [-0.05, 0) is 43.7 Å². The zero-order valence-electron chi connectivity index (χ0n) is 14.3. The van der Waals surface area contributed by atoms with Crippen LogP contribution in [0.1, 0.15) is 32.6 Å². The maximum atomic E-state index is 5.70. The summed E-state index contributed by atoms with van der Waals surface area (Å²) in [4.78, 5) is 6.80. The molecule has 0 spiro atoms. The molecule has 4 nitrogen and oxygen atoms in total. The number of unbranched alkanes of at least 4 members (excludes halogenated alkanes) is 1. The van der Waals surface area contributed by atoms with Crippen molar-refractivity contribution in [1.82, 2.24) is 10.2 Å². The second kappa shape index (κ2) is 11.5. The van der Waals surface area contributed by atoms with Crippen LogP contribution in [0, 0.1) is 5.92 Å². The van der Waals surface area contributed by atoms with Gasteiger partial charge in [-0.25, -0.2) is 0 Å². The van der Waals surface area contributed by atoms with Gasteiger partial charge in [0.15, 0.2) is 5.96 Å². The lowest BCUT2D eigenvalue weighted by atomic mass is 10.0. The van der Waals surface area contributed by atoms with E-state index in [4.69, 9.17) is 4.74 Å². The number of benzene rings is 1. The molecule has 1 aromatic carbocycles.